The van der Waals surface area contributed by atoms with Crippen molar-refractivity contribution in [1.29, 1.82) is 0 Å². The molecule has 13 nitrogen and oxygen atoms in total. The van der Waals surface area contributed by atoms with Crippen molar-refractivity contribution in [2.45, 2.75) is 55.9 Å². The first-order valence-electron chi connectivity index (χ1n) is 13.8. The summed E-state index contributed by atoms with van der Waals surface area (Å²) in [5, 5.41) is 32.5. The van der Waals surface area contributed by atoms with Gasteiger partial charge in [-0.25, -0.2) is 0 Å². The molecular formula is C29H32O13. The number of ether oxygens (including phenoxy) is 9. The van der Waals surface area contributed by atoms with E-state index in [4.69, 9.17) is 42.6 Å². The number of rotatable bonds is 5. The van der Waals surface area contributed by atoms with Gasteiger partial charge in [-0.05, 0) is 47.9 Å². The zero-order valence-electron chi connectivity index (χ0n) is 23.1. The topological polar surface area (TPSA) is 161 Å². The van der Waals surface area contributed by atoms with E-state index in [0.717, 1.165) is 0 Å². The molecular weight excluding hydrogens is 556 g/mol. The molecule has 2 aromatic rings. The van der Waals surface area contributed by atoms with Gasteiger partial charge in [0.15, 0.2) is 35.6 Å². The van der Waals surface area contributed by atoms with Crippen LogP contribution in [0.25, 0.3) is 0 Å². The van der Waals surface area contributed by atoms with Gasteiger partial charge in [0.1, 0.15) is 24.4 Å². The molecule has 5 aliphatic rings. The Kier molecular flexibility index (Phi) is 6.83. The Bertz CT molecular complexity index is 1350. The van der Waals surface area contributed by atoms with Crippen molar-refractivity contribution in [2.24, 2.45) is 11.8 Å². The minimum Gasteiger partial charge on any atom is -0.502 e. The number of phenolic OH excluding ortho intramolecular Hbond substituents is 1. The molecule has 0 aromatic heterocycles. The quantitative estimate of drug-likeness (QED) is 0.430. The van der Waals surface area contributed by atoms with Gasteiger partial charge < -0.3 is 58.0 Å². The van der Waals surface area contributed by atoms with Gasteiger partial charge in [-0.1, -0.05) is 0 Å². The van der Waals surface area contributed by atoms with E-state index >= 15 is 0 Å². The summed E-state index contributed by atoms with van der Waals surface area (Å²) in [5.41, 5.74) is 2.01. The number of cyclic esters (lactones) is 1. The minimum atomic E-state index is -1.44. The largest absolute Gasteiger partial charge is 0.502 e. The van der Waals surface area contributed by atoms with E-state index in [9.17, 15) is 20.1 Å². The van der Waals surface area contributed by atoms with Crippen molar-refractivity contribution in [3.05, 3.63) is 41.0 Å². The number of aromatic hydroxyl groups is 1. The molecule has 4 aliphatic heterocycles. The van der Waals surface area contributed by atoms with E-state index in [0.29, 0.717) is 28.2 Å². The van der Waals surface area contributed by atoms with Crippen LogP contribution in [0.3, 0.4) is 0 Å². The lowest BCUT2D eigenvalue weighted by atomic mass is 9.66. The molecule has 0 spiro atoms. The summed E-state index contributed by atoms with van der Waals surface area (Å²) >= 11 is 0. The summed E-state index contributed by atoms with van der Waals surface area (Å²) in [6.07, 6.45) is -6.80. The molecule has 0 amide bonds. The van der Waals surface area contributed by atoms with Crippen LogP contribution in [0.2, 0.25) is 0 Å². The molecule has 4 heterocycles. The van der Waals surface area contributed by atoms with Crippen molar-refractivity contribution >= 4 is 5.97 Å². The fraction of sp³-hybridized carbons (Fsp3) is 0.552. The van der Waals surface area contributed by atoms with Gasteiger partial charge in [-0.15, -0.1) is 0 Å². The molecule has 0 bridgehead atoms. The summed E-state index contributed by atoms with van der Waals surface area (Å²) in [4.78, 5) is 13.4. The van der Waals surface area contributed by atoms with E-state index in [1.807, 2.05) is 0 Å². The fourth-order valence-corrected chi connectivity index (χ4v) is 6.74. The van der Waals surface area contributed by atoms with Crippen LogP contribution in [0.5, 0.6) is 28.7 Å². The van der Waals surface area contributed by atoms with Gasteiger partial charge in [-0.2, -0.15) is 0 Å². The number of methoxy groups -OCH3 is 2. The van der Waals surface area contributed by atoms with Crippen molar-refractivity contribution < 1.29 is 62.7 Å². The van der Waals surface area contributed by atoms with Crippen LogP contribution in [0.1, 0.15) is 35.6 Å². The number of aliphatic hydroxyl groups excluding tert-OH is 2. The molecule has 3 fully saturated rings. The average Bonchev–Trinajstić information content (AvgIpc) is 3.61. The van der Waals surface area contributed by atoms with Gasteiger partial charge in [0.25, 0.3) is 0 Å². The second kappa shape index (κ2) is 10.4. The number of carbonyl (C=O) groups excluding carboxylic acids is 1. The maximum atomic E-state index is 13.4. The SMILES string of the molecule is COc1cc([C@@H]2c3cc4c(cc3[C@H](O[C@@H]3O[C@@H]5CO[C@H](C)O[C@H]5[C@@H](O)[C@@H]3O)[C@@H]3COC(=O)[C@@H]23)OCO4)cc(OC)c1O. The molecule has 3 N–H and O–H groups in total. The van der Waals surface area contributed by atoms with Gasteiger partial charge in [-0.3, -0.25) is 4.79 Å². The van der Waals surface area contributed by atoms with E-state index < -0.39 is 66.8 Å². The third-order valence-corrected chi connectivity index (χ3v) is 8.75. The number of fused-ring (bicyclic) bond motifs is 4. The monoisotopic (exact) mass is 588 g/mol. The Hall–Kier alpha value is -3.33. The van der Waals surface area contributed by atoms with E-state index in [-0.39, 0.29) is 37.3 Å². The van der Waals surface area contributed by atoms with Crippen LogP contribution in [0.15, 0.2) is 24.3 Å². The van der Waals surface area contributed by atoms with Crippen LogP contribution in [0.4, 0.5) is 0 Å². The van der Waals surface area contributed by atoms with Crippen LogP contribution < -0.4 is 18.9 Å². The van der Waals surface area contributed by atoms with Gasteiger partial charge in [0, 0.05) is 11.8 Å². The molecule has 3 saturated heterocycles. The first kappa shape index (κ1) is 27.5. The standard InChI is InChI=1S/C29H32O13/c1-11-36-9-20-27(40-11)24(31)25(32)29(41-20)42-26-14-7-17-16(38-10-39-17)6-13(14)21(22-15(26)8-37-28(22)33)12-4-18(34-2)23(30)19(5-12)35-3/h4-7,11,15,20-22,24-27,29-32H,8-10H2,1-3H3/t11-,15+,20+,21+,22+,24-,25-,26-,27+,29-/m0/s1. The Morgan fingerprint density at radius 3 is 2.26 bits per heavy atom. The smallest absolute Gasteiger partial charge is 0.310 e. The molecule has 0 unspecified atom stereocenters. The predicted molar refractivity (Wildman–Crippen MR) is 138 cm³/mol. The summed E-state index contributed by atoms with van der Waals surface area (Å²) < 4.78 is 51.5. The van der Waals surface area contributed by atoms with Gasteiger partial charge >= 0.3 is 5.97 Å². The maximum Gasteiger partial charge on any atom is 0.310 e. The van der Waals surface area contributed by atoms with E-state index in [2.05, 4.69) is 0 Å². The summed E-state index contributed by atoms with van der Waals surface area (Å²) in [6, 6.07) is 6.93. The number of carbonyl (C=O) groups is 1. The van der Waals surface area contributed by atoms with E-state index in [1.54, 1.807) is 31.2 Å². The Labute approximate surface area is 240 Å². The zero-order valence-corrected chi connectivity index (χ0v) is 23.1. The number of hydrogen-bond acceptors (Lipinski definition) is 13. The van der Waals surface area contributed by atoms with Crippen LogP contribution in [-0.2, 0) is 28.5 Å². The highest BCUT2D eigenvalue weighted by Gasteiger charge is 2.56. The Balaban J connectivity index is 1.32. The zero-order chi connectivity index (χ0) is 29.3. The molecule has 10 atom stereocenters. The van der Waals surface area contributed by atoms with Crippen LogP contribution >= 0.6 is 0 Å². The lowest BCUT2D eigenvalue weighted by Gasteiger charge is -2.47. The lowest BCUT2D eigenvalue weighted by Crippen LogP contribution is -2.63. The molecule has 13 heteroatoms. The summed E-state index contributed by atoms with van der Waals surface area (Å²) in [7, 11) is 2.86. The van der Waals surface area contributed by atoms with Crippen LogP contribution in [-0.4, -0.2) is 92.5 Å². The minimum absolute atomic E-state index is 0.0301. The Morgan fingerprint density at radius 2 is 1.57 bits per heavy atom. The number of esters is 1. The Morgan fingerprint density at radius 1 is 0.881 bits per heavy atom. The molecule has 0 saturated carbocycles. The van der Waals surface area contributed by atoms with Gasteiger partial charge in [0.05, 0.1) is 39.5 Å². The van der Waals surface area contributed by atoms with Crippen molar-refractivity contribution in [2.75, 3.05) is 34.2 Å². The number of hydrogen-bond donors (Lipinski definition) is 3. The summed E-state index contributed by atoms with van der Waals surface area (Å²) in [6.45, 7) is 1.93. The molecule has 7 rings (SSSR count). The van der Waals surface area contributed by atoms with Crippen molar-refractivity contribution in [1.82, 2.24) is 0 Å². The number of benzene rings is 2. The first-order valence-corrected chi connectivity index (χ1v) is 13.8. The molecule has 2 aromatic carbocycles. The molecule has 1 aliphatic carbocycles. The highest BCUT2D eigenvalue weighted by Crippen LogP contribution is 2.57. The second-order valence-corrected chi connectivity index (χ2v) is 11.0. The predicted octanol–water partition coefficient (Wildman–Crippen LogP) is 1.34. The molecule has 226 valence electrons. The van der Waals surface area contributed by atoms with E-state index in [1.165, 1.54) is 14.2 Å². The van der Waals surface area contributed by atoms with Crippen molar-refractivity contribution in [3.8, 4) is 28.7 Å². The summed E-state index contributed by atoms with van der Waals surface area (Å²) in [5.74, 6) is -1.02. The molecule has 0 radical (unpaired) electrons. The maximum absolute atomic E-state index is 13.4. The average molecular weight is 589 g/mol. The fourth-order valence-electron chi connectivity index (χ4n) is 6.74. The van der Waals surface area contributed by atoms with Gasteiger partial charge in [0.2, 0.25) is 12.5 Å². The molecule has 42 heavy (non-hydrogen) atoms. The third-order valence-electron chi connectivity index (χ3n) is 8.75. The highest BCUT2D eigenvalue weighted by atomic mass is 16.8. The number of aliphatic hydroxyl groups is 2. The second-order valence-electron chi connectivity index (χ2n) is 11.0. The first-order chi connectivity index (χ1) is 20.3. The normalized spacial score (nSPS) is 36.5. The van der Waals surface area contributed by atoms with Crippen LogP contribution in [0, 0.1) is 11.8 Å². The third kappa shape index (κ3) is 4.26. The lowest BCUT2D eigenvalue weighted by molar-refractivity contribution is -0.364. The number of phenols is 1. The van der Waals surface area contributed by atoms with Crippen molar-refractivity contribution in [3.63, 3.8) is 0 Å². The highest BCUT2D eigenvalue weighted by molar-refractivity contribution is 5.79.